The lowest BCUT2D eigenvalue weighted by atomic mass is 9.78. The minimum Gasteiger partial charge on any atom is -0.337 e. The second-order valence-electron chi connectivity index (χ2n) is 10.6. The minimum atomic E-state index is -4.48. The third-order valence-electron chi connectivity index (χ3n) is 8.32. The molecule has 1 aromatic heterocycles. The van der Waals surface area contributed by atoms with Crippen molar-refractivity contribution in [3.63, 3.8) is 0 Å². The van der Waals surface area contributed by atoms with Crippen molar-refractivity contribution in [2.24, 2.45) is 11.3 Å². The summed E-state index contributed by atoms with van der Waals surface area (Å²) in [5.74, 6) is 0.215. The molecule has 2 fully saturated rings. The van der Waals surface area contributed by atoms with E-state index in [2.05, 4.69) is 10.3 Å². The summed E-state index contributed by atoms with van der Waals surface area (Å²) >= 11 is 0. The molecule has 5 rings (SSSR count). The van der Waals surface area contributed by atoms with E-state index in [1.165, 1.54) is 12.1 Å². The molecule has 10 heteroatoms. The summed E-state index contributed by atoms with van der Waals surface area (Å²) in [6.07, 6.45) is -3.04. The number of nitrogens with one attached hydrogen (secondary N) is 1. The summed E-state index contributed by atoms with van der Waals surface area (Å²) in [5, 5.41) is 3.45. The Kier molecular flexibility index (Phi) is 6.75. The van der Waals surface area contributed by atoms with Crippen molar-refractivity contribution >= 4 is 5.91 Å². The number of hydrogen-bond donors (Lipinski definition) is 1. The molecule has 2 aliphatic carbocycles. The molecule has 3 unspecified atom stereocenters. The number of hydrogen-bond acceptors (Lipinski definition) is 3. The van der Waals surface area contributed by atoms with Crippen molar-refractivity contribution in [2.45, 2.75) is 69.9 Å². The minimum absolute atomic E-state index is 0.0141. The van der Waals surface area contributed by atoms with Crippen LogP contribution in [0.5, 0.6) is 0 Å². The zero-order chi connectivity index (χ0) is 26.4. The van der Waals surface area contributed by atoms with Gasteiger partial charge in [-0.05, 0) is 67.8 Å². The summed E-state index contributed by atoms with van der Waals surface area (Å²) in [6, 6.07) is 6.51. The predicted octanol–water partition coefficient (Wildman–Crippen LogP) is 5.79. The molecule has 3 aliphatic rings. The van der Waals surface area contributed by atoms with E-state index in [9.17, 15) is 31.1 Å². The summed E-state index contributed by atoms with van der Waals surface area (Å²) in [4.78, 5) is 19.5. The average Bonchev–Trinajstić information content (AvgIpc) is 3.40. The molecule has 200 valence electrons. The van der Waals surface area contributed by atoms with E-state index in [4.69, 9.17) is 0 Å². The number of halogens is 6. The number of nitrogens with zero attached hydrogens (tertiary/aromatic N) is 2. The van der Waals surface area contributed by atoms with E-state index in [1.807, 2.05) is 0 Å². The Morgan fingerprint density at radius 1 is 1.11 bits per heavy atom. The number of rotatable bonds is 5. The number of amides is 1. The quantitative estimate of drug-likeness (QED) is 0.503. The lowest BCUT2D eigenvalue weighted by Gasteiger charge is -2.37. The third kappa shape index (κ3) is 5.22. The van der Waals surface area contributed by atoms with Crippen LogP contribution in [-0.2, 0) is 36.5 Å². The van der Waals surface area contributed by atoms with E-state index in [0.717, 1.165) is 44.0 Å². The van der Waals surface area contributed by atoms with Gasteiger partial charge in [-0.2, -0.15) is 26.3 Å². The Labute approximate surface area is 211 Å². The standard InChI is InChI=1S/C27H29F6N3O/c28-26(29,30)20-4-1-3-17(11-20)6-9-34-22-13-19-5-2-8-25(19,14-22)24(37)36-10-7-23-18(16-36)12-21(15-35-23)27(31,32)33/h1,3-4,11-12,15,19,22,34H,2,5-10,13-14,16H2. The van der Waals surface area contributed by atoms with E-state index in [1.54, 1.807) is 11.0 Å². The number of carbonyl (C=O) groups is 1. The highest BCUT2D eigenvalue weighted by Crippen LogP contribution is 2.55. The van der Waals surface area contributed by atoms with Crippen molar-refractivity contribution in [2.75, 3.05) is 13.1 Å². The summed E-state index contributed by atoms with van der Waals surface area (Å²) in [6.45, 7) is 1.07. The predicted molar refractivity (Wildman–Crippen MR) is 124 cm³/mol. The van der Waals surface area contributed by atoms with Gasteiger partial charge in [-0.15, -0.1) is 0 Å². The van der Waals surface area contributed by atoms with Gasteiger partial charge in [-0.3, -0.25) is 9.78 Å². The van der Waals surface area contributed by atoms with Gasteiger partial charge in [0.25, 0.3) is 0 Å². The Hall–Kier alpha value is -2.62. The second kappa shape index (κ2) is 9.60. The van der Waals surface area contributed by atoms with Crippen LogP contribution in [0, 0.1) is 11.3 Å². The summed E-state index contributed by atoms with van der Waals surface area (Å²) in [5.41, 5.74) is -0.327. The molecule has 2 aromatic rings. The van der Waals surface area contributed by atoms with Crippen LogP contribution in [0.15, 0.2) is 36.5 Å². The largest absolute Gasteiger partial charge is 0.417 e. The van der Waals surface area contributed by atoms with Gasteiger partial charge in [-0.25, -0.2) is 0 Å². The van der Waals surface area contributed by atoms with Crippen LogP contribution in [0.1, 0.15) is 60.1 Å². The number of benzene rings is 1. The summed E-state index contributed by atoms with van der Waals surface area (Å²) in [7, 11) is 0. The molecule has 2 saturated carbocycles. The maximum absolute atomic E-state index is 13.8. The molecule has 0 spiro atoms. The van der Waals surface area contributed by atoms with Crippen LogP contribution in [0.3, 0.4) is 0 Å². The van der Waals surface area contributed by atoms with Gasteiger partial charge >= 0.3 is 12.4 Å². The normalized spacial score (nSPS) is 25.7. The summed E-state index contributed by atoms with van der Waals surface area (Å²) < 4.78 is 78.5. The van der Waals surface area contributed by atoms with Crippen LogP contribution in [0.4, 0.5) is 26.3 Å². The molecule has 1 N–H and O–H groups in total. The van der Waals surface area contributed by atoms with Crippen LogP contribution < -0.4 is 5.32 Å². The fourth-order valence-electron chi connectivity index (χ4n) is 6.54. The smallest absolute Gasteiger partial charge is 0.337 e. The number of alkyl halides is 6. The van der Waals surface area contributed by atoms with Gasteiger partial charge in [-0.1, -0.05) is 24.6 Å². The molecule has 1 aliphatic heterocycles. The van der Waals surface area contributed by atoms with Gasteiger partial charge in [0, 0.05) is 37.4 Å². The van der Waals surface area contributed by atoms with Crippen molar-refractivity contribution in [1.82, 2.24) is 15.2 Å². The van der Waals surface area contributed by atoms with Crippen molar-refractivity contribution in [1.29, 1.82) is 0 Å². The van der Waals surface area contributed by atoms with E-state index >= 15 is 0 Å². The van der Waals surface area contributed by atoms with Crippen LogP contribution in [0.25, 0.3) is 0 Å². The first-order valence-electron chi connectivity index (χ1n) is 12.7. The fraction of sp³-hybridized carbons (Fsp3) is 0.556. The van der Waals surface area contributed by atoms with Gasteiger partial charge in [0.05, 0.1) is 16.5 Å². The highest BCUT2D eigenvalue weighted by molar-refractivity contribution is 5.84. The molecule has 1 amide bonds. The highest BCUT2D eigenvalue weighted by atomic mass is 19.4. The number of fused-ring (bicyclic) bond motifs is 2. The van der Waals surface area contributed by atoms with Crippen molar-refractivity contribution in [3.8, 4) is 0 Å². The molecular weight excluding hydrogens is 496 g/mol. The maximum atomic E-state index is 13.8. The average molecular weight is 526 g/mol. The highest BCUT2D eigenvalue weighted by Gasteiger charge is 2.56. The first-order valence-corrected chi connectivity index (χ1v) is 12.7. The molecule has 37 heavy (non-hydrogen) atoms. The lowest BCUT2D eigenvalue weighted by molar-refractivity contribution is -0.144. The zero-order valence-corrected chi connectivity index (χ0v) is 20.3. The molecule has 0 saturated heterocycles. The second-order valence-corrected chi connectivity index (χ2v) is 10.6. The number of pyridine rings is 1. The number of carbonyl (C=O) groups excluding carboxylic acids is 1. The Bertz CT molecular complexity index is 1160. The van der Waals surface area contributed by atoms with Gasteiger partial charge < -0.3 is 10.2 Å². The Balaban J connectivity index is 1.23. The third-order valence-corrected chi connectivity index (χ3v) is 8.32. The van der Waals surface area contributed by atoms with Crippen LogP contribution in [0.2, 0.25) is 0 Å². The Morgan fingerprint density at radius 3 is 2.65 bits per heavy atom. The van der Waals surface area contributed by atoms with Crippen LogP contribution in [-0.4, -0.2) is 34.9 Å². The SMILES string of the molecule is O=C(N1CCc2ncc(C(F)(F)F)cc2C1)C12CCCC1CC(NCCc1cccc(C(F)(F)F)c1)C2. The fourth-order valence-corrected chi connectivity index (χ4v) is 6.54. The van der Waals surface area contributed by atoms with Crippen molar-refractivity contribution < 1.29 is 31.1 Å². The van der Waals surface area contributed by atoms with Crippen LogP contribution >= 0.6 is 0 Å². The van der Waals surface area contributed by atoms with E-state index in [0.29, 0.717) is 49.2 Å². The first kappa shape index (κ1) is 26.0. The molecule has 1 aromatic carbocycles. The van der Waals surface area contributed by atoms with Gasteiger partial charge in [0.1, 0.15) is 0 Å². The Morgan fingerprint density at radius 2 is 1.89 bits per heavy atom. The molecule has 0 radical (unpaired) electrons. The molecule has 4 nitrogen and oxygen atoms in total. The maximum Gasteiger partial charge on any atom is 0.417 e. The topological polar surface area (TPSA) is 45.2 Å². The zero-order valence-electron chi connectivity index (χ0n) is 20.3. The number of aromatic nitrogens is 1. The lowest BCUT2D eigenvalue weighted by Crippen LogP contribution is -2.47. The first-order chi connectivity index (χ1) is 17.5. The monoisotopic (exact) mass is 525 g/mol. The van der Waals surface area contributed by atoms with Gasteiger partial charge in [0.15, 0.2) is 0 Å². The van der Waals surface area contributed by atoms with Gasteiger partial charge in [0.2, 0.25) is 5.91 Å². The molecular formula is C27H29F6N3O. The van der Waals surface area contributed by atoms with E-state index in [-0.39, 0.29) is 24.4 Å². The van der Waals surface area contributed by atoms with E-state index < -0.39 is 28.9 Å². The molecule has 3 atom stereocenters. The van der Waals surface area contributed by atoms with Crippen molar-refractivity contribution in [3.05, 3.63) is 64.5 Å². The molecule has 2 heterocycles. The molecule has 0 bridgehead atoms.